The fourth-order valence-corrected chi connectivity index (χ4v) is 3.26. The van der Waals surface area contributed by atoms with Crippen molar-refractivity contribution in [2.45, 2.75) is 18.8 Å². The van der Waals surface area contributed by atoms with E-state index in [-0.39, 0.29) is 0 Å². The number of ether oxygens (including phenoxy) is 2. The molecule has 1 N–H and O–H groups in total. The molecule has 4 heteroatoms. The normalized spacial score (nSPS) is 24.3. The molecule has 0 fully saturated rings. The lowest BCUT2D eigenvalue weighted by atomic mass is 9.67. The molecule has 0 aromatic heterocycles. The molecule has 1 unspecified atom stereocenters. The fourth-order valence-electron chi connectivity index (χ4n) is 3.26. The number of nitrogens with zero attached hydrogens (tertiary/aromatic N) is 1. The lowest BCUT2D eigenvalue weighted by Gasteiger charge is -2.36. The number of allylic oxidation sites excluding steroid dienone is 6. The third-order valence-corrected chi connectivity index (χ3v) is 4.40. The van der Waals surface area contributed by atoms with Crippen molar-refractivity contribution in [1.82, 2.24) is 0 Å². The maximum atomic E-state index is 9.56. The minimum atomic E-state index is -0.502. The first-order valence-electron chi connectivity index (χ1n) is 7.17. The van der Waals surface area contributed by atoms with Gasteiger partial charge in [0.05, 0.1) is 25.3 Å². The highest BCUT2D eigenvalue weighted by Crippen LogP contribution is 2.44. The molecule has 1 atom stereocenters. The predicted octanol–water partition coefficient (Wildman–Crippen LogP) is 3.40. The van der Waals surface area contributed by atoms with Crippen molar-refractivity contribution in [3.05, 3.63) is 59.2 Å². The van der Waals surface area contributed by atoms with Crippen LogP contribution < -0.4 is 9.47 Å². The van der Waals surface area contributed by atoms with E-state index in [1.165, 1.54) is 0 Å². The van der Waals surface area contributed by atoms with Crippen molar-refractivity contribution in [3.8, 4) is 11.5 Å². The molecule has 22 heavy (non-hydrogen) atoms. The first kappa shape index (κ1) is 14.4. The van der Waals surface area contributed by atoms with Crippen LogP contribution in [0.25, 0.3) is 0 Å². The van der Waals surface area contributed by atoms with Crippen molar-refractivity contribution >= 4 is 5.71 Å². The largest absolute Gasteiger partial charge is 0.493 e. The van der Waals surface area contributed by atoms with E-state index in [1.54, 1.807) is 14.2 Å². The molecule has 0 spiro atoms. The summed E-state index contributed by atoms with van der Waals surface area (Å²) < 4.78 is 10.8. The van der Waals surface area contributed by atoms with E-state index >= 15 is 0 Å². The molecular formula is C18H19NO3. The second-order valence-electron chi connectivity index (χ2n) is 5.63. The molecule has 2 aliphatic rings. The van der Waals surface area contributed by atoms with Crippen molar-refractivity contribution < 1.29 is 14.7 Å². The van der Waals surface area contributed by atoms with Crippen molar-refractivity contribution in [2.24, 2.45) is 5.16 Å². The number of hydrogen-bond acceptors (Lipinski definition) is 4. The number of methoxy groups -OCH3 is 2. The monoisotopic (exact) mass is 297 g/mol. The van der Waals surface area contributed by atoms with Gasteiger partial charge >= 0.3 is 0 Å². The third-order valence-electron chi connectivity index (χ3n) is 4.40. The fraction of sp³-hybridized carbons (Fsp3) is 0.278. The van der Waals surface area contributed by atoms with Crippen molar-refractivity contribution in [1.29, 1.82) is 0 Å². The molecule has 3 rings (SSSR count). The highest BCUT2D eigenvalue weighted by atomic mass is 16.5. The molecule has 2 bridgehead atoms. The first-order valence-corrected chi connectivity index (χ1v) is 7.17. The van der Waals surface area contributed by atoms with Crippen LogP contribution in [0.5, 0.6) is 11.5 Å². The Labute approximate surface area is 130 Å². The maximum Gasteiger partial charge on any atom is 0.161 e. The SMILES string of the molecule is COc1cc2c(cc1OC)C1(C)C=CC=CC=C(C2)/C1=N\O. The average Bonchev–Trinajstić information content (AvgIpc) is 2.52. The van der Waals surface area contributed by atoms with Gasteiger partial charge in [0.2, 0.25) is 0 Å². The van der Waals surface area contributed by atoms with Gasteiger partial charge in [0.15, 0.2) is 11.5 Å². The van der Waals surface area contributed by atoms with Crippen molar-refractivity contribution in [2.75, 3.05) is 14.2 Å². The lowest BCUT2D eigenvalue weighted by molar-refractivity contribution is 0.315. The molecule has 0 heterocycles. The van der Waals surface area contributed by atoms with E-state index in [1.807, 2.05) is 36.4 Å². The van der Waals surface area contributed by atoms with Crippen molar-refractivity contribution in [3.63, 3.8) is 0 Å². The molecular weight excluding hydrogens is 278 g/mol. The zero-order valence-electron chi connectivity index (χ0n) is 13.0. The standard InChI is InChI=1S/C18H19NO3/c1-18-8-6-4-5-7-12(17(18)19-20)9-13-10-15(21-2)16(22-3)11-14(13)18/h4-8,10-11,20H,9H2,1-3H3/b5-4?,8-6?,12-7?,19-17+. The second-order valence-corrected chi connectivity index (χ2v) is 5.63. The van der Waals surface area contributed by atoms with Crippen LogP contribution in [0.2, 0.25) is 0 Å². The Hall–Kier alpha value is -2.49. The summed E-state index contributed by atoms with van der Waals surface area (Å²) in [7, 11) is 3.26. The molecule has 1 aromatic carbocycles. The van der Waals surface area contributed by atoms with Crippen LogP contribution in [-0.2, 0) is 11.8 Å². The molecule has 1 aromatic rings. The average molecular weight is 297 g/mol. The topological polar surface area (TPSA) is 51.0 Å². The summed E-state index contributed by atoms with van der Waals surface area (Å²) in [4.78, 5) is 0. The van der Waals surface area contributed by atoms with E-state index in [0.717, 1.165) is 16.7 Å². The molecule has 0 saturated carbocycles. The van der Waals surface area contributed by atoms with Gasteiger partial charge in [-0.2, -0.15) is 0 Å². The van der Waals surface area contributed by atoms with Gasteiger partial charge in [-0.1, -0.05) is 35.5 Å². The van der Waals surface area contributed by atoms with Crippen LogP contribution in [0.1, 0.15) is 18.1 Å². The van der Waals surface area contributed by atoms with E-state index in [2.05, 4.69) is 18.2 Å². The number of fused-ring (bicyclic) bond motifs is 4. The minimum absolute atomic E-state index is 0.502. The number of oxime groups is 1. The summed E-state index contributed by atoms with van der Waals surface area (Å²) in [5.74, 6) is 1.39. The Morgan fingerprint density at radius 2 is 1.82 bits per heavy atom. The van der Waals surface area contributed by atoms with E-state index in [4.69, 9.17) is 9.47 Å². The lowest BCUT2D eigenvalue weighted by Crippen LogP contribution is -2.37. The predicted molar refractivity (Wildman–Crippen MR) is 86.2 cm³/mol. The second kappa shape index (κ2) is 5.37. The zero-order valence-corrected chi connectivity index (χ0v) is 13.0. The quantitative estimate of drug-likeness (QED) is 0.672. The van der Waals surface area contributed by atoms with Crippen LogP contribution >= 0.6 is 0 Å². The summed E-state index contributed by atoms with van der Waals surface area (Å²) in [5.41, 5.74) is 3.40. The molecule has 0 aliphatic heterocycles. The van der Waals surface area contributed by atoms with Crippen LogP contribution in [0.4, 0.5) is 0 Å². The van der Waals surface area contributed by atoms with E-state index < -0.39 is 5.41 Å². The maximum absolute atomic E-state index is 9.56. The van der Waals surface area contributed by atoms with E-state index in [0.29, 0.717) is 23.6 Å². The smallest absolute Gasteiger partial charge is 0.161 e. The van der Waals surface area contributed by atoms with Gasteiger partial charge in [-0.15, -0.1) is 0 Å². The van der Waals surface area contributed by atoms with Crippen LogP contribution in [-0.4, -0.2) is 25.1 Å². The summed E-state index contributed by atoms with van der Waals surface area (Å²) in [6.07, 6.45) is 10.7. The van der Waals surface area contributed by atoms with Gasteiger partial charge in [-0.25, -0.2) is 0 Å². The Kier molecular flexibility index (Phi) is 3.53. The number of hydrogen-bond donors (Lipinski definition) is 1. The number of rotatable bonds is 2. The Morgan fingerprint density at radius 3 is 2.50 bits per heavy atom. The molecule has 0 saturated heterocycles. The van der Waals surface area contributed by atoms with Crippen LogP contribution in [0.3, 0.4) is 0 Å². The molecule has 2 aliphatic carbocycles. The van der Waals surface area contributed by atoms with E-state index in [9.17, 15) is 5.21 Å². The summed E-state index contributed by atoms with van der Waals surface area (Å²) in [6.45, 7) is 2.05. The molecule has 114 valence electrons. The van der Waals surface area contributed by atoms with Gasteiger partial charge in [-0.05, 0) is 42.2 Å². The molecule has 0 radical (unpaired) electrons. The Morgan fingerprint density at radius 1 is 1.09 bits per heavy atom. The number of benzene rings is 1. The molecule has 4 nitrogen and oxygen atoms in total. The zero-order chi connectivity index (χ0) is 15.7. The Balaban J connectivity index is 2.31. The highest BCUT2D eigenvalue weighted by molar-refractivity contribution is 6.11. The van der Waals surface area contributed by atoms with Gasteiger partial charge in [-0.3, -0.25) is 0 Å². The summed E-state index contributed by atoms with van der Waals surface area (Å²) in [6, 6.07) is 3.99. The first-order chi connectivity index (χ1) is 10.6. The summed E-state index contributed by atoms with van der Waals surface area (Å²) >= 11 is 0. The summed E-state index contributed by atoms with van der Waals surface area (Å²) in [5, 5.41) is 13.2. The minimum Gasteiger partial charge on any atom is -0.493 e. The molecule has 0 amide bonds. The highest BCUT2D eigenvalue weighted by Gasteiger charge is 2.39. The third kappa shape index (κ3) is 2.03. The van der Waals surface area contributed by atoms with Gasteiger partial charge in [0.25, 0.3) is 0 Å². The van der Waals surface area contributed by atoms with Crippen LogP contribution in [0, 0.1) is 0 Å². The van der Waals surface area contributed by atoms with Gasteiger partial charge in [0, 0.05) is 0 Å². The van der Waals surface area contributed by atoms with Crippen LogP contribution in [0.15, 0.2) is 53.2 Å². The van der Waals surface area contributed by atoms with Gasteiger partial charge in [0.1, 0.15) is 0 Å². The van der Waals surface area contributed by atoms with Gasteiger partial charge < -0.3 is 14.7 Å². The Bertz CT molecular complexity index is 728.